The standard InChI is InChI=1S/C23H37NO3/c1-21(2,3)27-20(25)24-18-5-4-6-19(24)14-23(26,13-18)22-10-15-7-16(11-22)9-17(8-15)12-22/h15-19,26H,4-14H2,1-3H3. The fourth-order valence-electron chi connectivity index (χ4n) is 8.16. The fourth-order valence-corrected chi connectivity index (χ4v) is 8.16. The van der Waals surface area contributed by atoms with E-state index >= 15 is 0 Å². The molecule has 1 N–H and O–H groups in total. The lowest BCUT2D eigenvalue weighted by molar-refractivity contribution is -0.215. The van der Waals surface area contributed by atoms with Crippen LogP contribution in [-0.4, -0.2) is 39.4 Å². The summed E-state index contributed by atoms with van der Waals surface area (Å²) in [5, 5.41) is 12.1. The van der Waals surface area contributed by atoms with Gasteiger partial charge in [-0.25, -0.2) is 4.79 Å². The molecule has 27 heavy (non-hydrogen) atoms. The van der Waals surface area contributed by atoms with E-state index in [1.54, 1.807) is 0 Å². The van der Waals surface area contributed by atoms with Gasteiger partial charge in [0, 0.05) is 17.5 Å². The molecule has 2 saturated heterocycles. The van der Waals surface area contributed by atoms with Gasteiger partial charge in [-0.2, -0.15) is 0 Å². The van der Waals surface area contributed by atoms with Crippen molar-refractivity contribution in [3.8, 4) is 0 Å². The summed E-state index contributed by atoms with van der Waals surface area (Å²) in [6.07, 6.45) is 12.5. The van der Waals surface area contributed by atoms with Crippen molar-refractivity contribution in [2.45, 2.75) is 115 Å². The molecule has 4 aliphatic carbocycles. The van der Waals surface area contributed by atoms with Gasteiger partial charge < -0.3 is 14.7 Å². The molecule has 6 aliphatic rings. The van der Waals surface area contributed by atoms with Crippen molar-refractivity contribution >= 4 is 6.09 Å². The summed E-state index contributed by atoms with van der Waals surface area (Å²) in [4.78, 5) is 14.9. The van der Waals surface area contributed by atoms with Gasteiger partial charge in [0.2, 0.25) is 0 Å². The molecular weight excluding hydrogens is 338 g/mol. The molecule has 4 heteroatoms. The second-order valence-corrected chi connectivity index (χ2v) is 11.8. The van der Waals surface area contributed by atoms with Crippen molar-refractivity contribution in [1.29, 1.82) is 0 Å². The summed E-state index contributed by atoms with van der Waals surface area (Å²) >= 11 is 0. The number of hydrogen-bond acceptors (Lipinski definition) is 3. The third kappa shape index (κ3) is 2.92. The van der Waals surface area contributed by atoms with Crippen LogP contribution in [0.3, 0.4) is 0 Å². The van der Waals surface area contributed by atoms with E-state index in [-0.39, 0.29) is 23.6 Å². The number of nitrogens with zero attached hydrogens (tertiary/aromatic N) is 1. The fraction of sp³-hybridized carbons (Fsp3) is 0.957. The Morgan fingerprint density at radius 1 is 0.926 bits per heavy atom. The van der Waals surface area contributed by atoms with Crippen LogP contribution in [0.2, 0.25) is 0 Å². The molecule has 2 unspecified atom stereocenters. The molecule has 6 bridgehead atoms. The highest BCUT2D eigenvalue weighted by molar-refractivity contribution is 5.69. The maximum atomic E-state index is 12.9. The molecule has 1 amide bonds. The van der Waals surface area contributed by atoms with E-state index in [1.807, 2.05) is 25.7 Å². The first-order valence-electron chi connectivity index (χ1n) is 11.4. The summed E-state index contributed by atoms with van der Waals surface area (Å²) in [5.74, 6) is 2.55. The number of hydrogen-bond donors (Lipinski definition) is 1. The SMILES string of the molecule is CC(C)(C)OC(=O)N1C2CCCC1CC(O)(C13CC4CC(CC(C4)C1)C3)C2. The van der Waals surface area contributed by atoms with Crippen molar-refractivity contribution in [3.05, 3.63) is 0 Å². The minimum absolute atomic E-state index is 0.135. The Labute approximate surface area is 164 Å². The minimum Gasteiger partial charge on any atom is -0.444 e. The number of rotatable bonds is 1. The van der Waals surface area contributed by atoms with Crippen LogP contribution in [-0.2, 0) is 4.74 Å². The normalized spacial score (nSPS) is 48.6. The highest BCUT2D eigenvalue weighted by Gasteiger charge is 2.63. The van der Waals surface area contributed by atoms with Gasteiger partial charge in [-0.15, -0.1) is 0 Å². The highest BCUT2D eigenvalue weighted by atomic mass is 16.6. The molecule has 0 aromatic carbocycles. The number of aliphatic hydroxyl groups is 1. The Kier molecular flexibility index (Phi) is 3.97. The number of carbonyl (C=O) groups is 1. The van der Waals surface area contributed by atoms with E-state index in [9.17, 15) is 9.90 Å². The van der Waals surface area contributed by atoms with Crippen LogP contribution < -0.4 is 0 Å². The van der Waals surface area contributed by atoms with Crippen molar-refractivity contribution in [3.63, 3.8) is 0 Å². The summed E-state index contributed by atoms with van der Waals surface area (Å²) in [7, 11) is 0. The largest absolute Gasteiger partial charge is 0.444 e. The number of fused-ring (bicyclic) bond motifs is 2. The number of ether oxygens (including phenoxy) is 1. The molecule has 6 fully saturated rings. The number of piperidine rings is 2. The van der Waals surface area contributed by atoms with Crippen LogP contribution in [0.25, 0.3) is 0 Å². The van der Waals surface area contributed by atoms with Gasteiger partial charge in [0.05, 0.1) is 5.60 Å². The molecule has 0 radical (unpaired) electrons. The van der Waals surface area contributed by atoms with E-state index in [1.165, 1.54) is 44.9 Å². The Hall–Kier alpha value is -0.770. The predicted molar refractivity (Wildman–Crippen MR) is 104 cm³/mol. The predicted octanol–water partition coefficient (Wildman–Crippen LogP) is 4.89. The van der Waals surface area contributed by atoms with Crippen LogP contribution in [0.5, 0.6) is 0 Å². The van der Waals surface area contributed by atoms with Gasteiger partial charge in [-0.05, 0) is 109 Å². The highest BCUT2D eigenvalue weighted by Crippen LogP contribution is 2.66. The summed E-state index contributed by atoms with van der Waals surface area (Å²) in [6.45, 7) is 5.82. The first kappa shape index (κ1) is 18.3. The molecule has 4 nitrogen and oxygen atoms in total. The first-order chi connectivity index (χ1) is 12.7. The zero-order chi connectivity index (χ0) is 19.0. The summed E-state index contributed by atoms with van der Waals surface area (Å²) in [6, 6.07) is 0.315. The topological polar surface area (TPSA) is 49.8 Å². The van der Waals surface area contributed by atoms with Gasteiger partial charge >= 0.3 is 6.09 Å². The molecule has 2 aliphatic heterocycles. The van der Waals surface area contributed by atoms with Crippen LogP contribution in [0.1, 0.15) is 91.4 Å². The number of carbonyl (C=O) groups excluding carboxylic acids is 1. The number of amides is 1. The maximum Gasteiger partial charge on any atom is 0.410 e. The quantitative estimate of drug-likeness (QED) is 0.710. The zero-order valence-corrected chi connectivity index (χ0v) is 17.4. The van der Waals surface area contributed by atoms with Crippen LogP contribution >= 0.6 is 0 Å². The molecular formula is C23H37NO3. The lowest BCUT2D eigenvalue weighted by atomic mass is 9.43. The summed E-state index contributed by atoms with van der Waals surface area (Å²) in [5.41, 5.74) is -0.897. The molecule has 2 heterocycles. The minimum atomic E-state index is -0.572. The lowest BCUT2D eigenvalue weighted by Gasteiger charge is -2.65. The average molecular weight is 376 g/mol. The average Bonchev–Trinajstić information content (AvgIpc) is 2.50. The van der Waals surface area contributed by atoms with E-state index in [0.717, 1.165) is 43.4 Å². The molecule has 6 rings (SSSR count). The Bertz CT molecular complexity index is 572. The lowest BCUT2D eigenvalue weighted by Crippen LogP contribution is -2.67. The zero-order valence-electron chi connectivity index (χ0n) is 17.4. The molecule has 4 saturated carbocycles. The van der Waals surface area contributed by atoms with Gasteiger partial charge in [-0.3, -0.25) is 0 Å². The summed E-state index contributed by atoms with van der Waals surface area (Å²) < 4.78 is 5.74. The smallest absolute Gasteiger partial charge is 0.410 e. The van der Waals surface area contributed by atoms with E-state index < -0.39 is 11.2 Å². The van der Waals surface area contributed by atoms with Crippen LogP contribution in [0.15, 0.2) is 0 Å². The second kappa shape index (κ2) is 5.87. The van der Waals surface area contributed by atoms with Crippen LogP contribution in [0, 0.1) is 23.2 Å². The maximum absolute atomic E-state index is 12.9. The van der Waals surface area contributed by atoms with Crippen LogP contribution in [0.4, 0.5) is 4.79 Å². The monoisotopic (exact) mass is 375 g/mol. The molecule has 0 spiro atoms. The van der Waals surface area contributed by atoms with Crippen molar-refractivity contribution in [1.82, 2.24) is 4.90 Å². The second-order valence-electron chi connectivity index (χ2n) is 11.8. The Balaban J connectivity index is 1.40. The van der Waals surface area contributed by atoms with Gasteiger partial charge in [0.1, 0.15) is 5.60 Å². The molecule has 0 aromatic heterocycles. The molecule has 0 aromatic rings. The van der Waals surface area contributed by atoms with E-state index in [0.29, 0.717) is 0 Å². The van der Waals surface area contributed by atoms with Crippen molar-refractivity contribution in [2.24, 2.45) is 23.2 Å². The van der Waals surface area contributed by atoms with Crippen molar-refractivity contribution < 1.29 is 14.6 Å². The Morgan fingerprint density at radius 3 is 1.85 bits per heavy atom. The van der Waals surface area contributed by atoms with Crippen molar-refractivity contribution in [2.75, 3.05) is 0 Å². The molecule has 2 atom stereocenters. The molecule has 152 valence electrons. The third-order valence-corrected chi connectivity index (χ3v) is 8.64. The van der Waals surface area contributed by atoms with Gasteiger partial charge in [0.15, 0.2) is 0 Å². The Morgan fingerprint density at radius 2 is 1.41 bits per heavy atom. The van der Waals surface area contributed by atoms with Gasteiger partial charge in [-0.1, -0.05) is 0 Å². The first-order valence-corrected chi connectivity index (χ1v) is 11.4. The van der Waals surface area contributed by atoms with E-state index in [2.05, 4.69) is 0 Å². The van der Waals surface area contributed by atoms with Gasteiger partial charge in [0.25, 0.3) is 0 Å². The third-order valence-electron chi connectivity index (χ3n) is 8.64. The van der Waals surface area contributed by atoms with E-state index in [4.69, 9.17) is 4.74 Å².